The molecule has 0 atom stereocenters. The largest absolute Gasteiger partial charge is 0.459 e. The molecule has 0 saturated carbocycles. The molecule has 120 valence electrons. The van der Waals surface area contributed by atoms with Crippen molar-refractivity contribution in [2.75, 3.05) is 5.32 Å². The smallest absolute Gasteiger partial charge is 0.301 e. The monoisotopic (exact) mass is 328 g/mol. The number of amides is 1. The van der Waals surface area contributed by atoms with Gasteiger partial charge in [-0.05, 0) is 24.3 Å². The number of nitrogens with one attached hydrogen (secondary N) is 1. The number of nitro groups is 2. The van der Waals surface area contributed by atoms with Crippen molar-refractivity contribution in [2.24, 2.45) is 0 Å². The summed E-state index contributed by atoms with van der Waals surface area (Å²) in [5.41, 5.74) is -1.39. The van der Waals surface area contributed by atoms with E-state index in [1.54, 1.807) is 0 Å². The van der Waals surface area contributed by atoms with Crippen LogP contribution in [0.3, 0.4) is 0 Å². The molecule has 0 aliphatic carbocycles. The highest BCUT2D eigenvalue weighted by Gasteiger charge is 2.28. The van der Waals surface area contributed by atoms with Crippen LogP contribution in [0.25, 0.3) is 10.9 Å². The van der Waals surface area contributed by atoms with Gasteiger partial charge in [-0.15, -0.1) is 0 Å². The van der Waals surface area contributed by atoms with Crippen LogP contribution in [0, 0.1) is 20.2 Å². The SMILES string of the molecule is O=C(Nc1c([N+](=O)[O-])cc([N+](=O)[O-])c2cccnc12)c1ccco1. The number of nitro benzene ring substituents is 2. The molecular formula is C14H8N4O6. The number of hydrogen-bond donors (Lipinski definition) is 1. The molecule has 0 fully saturated rings. The number of fused-ring (bicyclic) bond motifs is 1. The summed E-state index contributed by atoms with van der Waals surface area (Å²) in [4.78, 5) is 37.0. The Bertz CT molecular complexity index is 967. The van der Waals surface area contributed by atoms with Crippen molar-refractivity contribution in [2.45, 2.75) is 0 Å². The summed E-state index contributed by atoms with van der Waals surface area (Å²) in [6, 6.07) is 6.51. The maximum Gasteiger partial charge on any atom is 0.301 e. The summed E-state index contributed by atoms with van der Waals surface area (Å²) in [5, 5.41) is 24.9. The summed E-state index contributed by atoms with van der Waals surface area (Å²) >= 11 is 0. The fourth-order valence-electron chi connectivity index (χ4n) is 2.21. The van der Waals surface area contributed by atoms with Crippen molar-refractivity contribution >= 4 is 33.9 Å². The van der Waals surface area contributed by atoms with Crippen LogP contribution in [-0.4, -0.2) is 20.7 Å². The van der Waals surface area contributed by atoms with Crippen molar-refractivity contribution in [3.63, 3.8) is 0 Å². The number of non-ortho nitro benzene ring substituents is 1. The maximum absolute atomic E-state index is 12.1. The molecule has 3 aromatic rings. The lowest BCUT2D eigenvalue weighted by atomic mass is 10.1. The molecule has 1 aromatic carbocycles. The number of anilines is 1. The second-order valence-corrected chi connectivity index (χ2v) is 4.64. The first kappa shape index (κ1) is 15.1. The molecule has 24 heavy (non-hydrogen) atoms. The number of nitrogens with zero attached hydrogens (tertiary/aromatic N) is 3. The summed E-state index contributed by atoms with van der Waals surface area (Å²) < 4.78 is 4.93. The number of carbonyl (C=O) groups excluding carboxylic acids is 1. The van der Waals surface area contributed by atoms with E-state index >= 15 is 0 Å². The van der Waals surface area contributed by atoms with E-state index in [1.807, 2.05) is 0 Å². The Kier molecular flexibility index (Phi) is 3.62. The Morgan fingerprint density at radius 1 is 1.12 bits per heavy atom. The van der Waals surface area contributed by atoms with Gasteiger partial charge in [0.05, 0.1) is 27.6 Å². The number of hydrogen-bond acceptors (Lipinski definition) is 7. The van der Waals surface area contributed by atoms with Gasteiger partial charge in [0, 0.05) is 6.20 Å². The highest BCUT2D eigenvalue weighted by Crippen LogP contribution is 2.38. The minimum absolute atomic E-state index is 0.0571. The lowest BCUT2D eigenvalue weighted by Crippen LogP contribution is -2.13. The molecule has 0 radical (unpaired) electrons. The van der Waals surface area contributed by atoms with Gasteiger partial charge < -0.3 is 9.73 Å². The van der Waals surface area contributed by atoms with Crippen LogP contribution in [0.15, 0.2) is 47.2 Å². The highest BCUT2D eigenvalue weighted by molar-refractivity contribution is 6.11. The van der Waals surface area contributed by atoms with Crippen molar-refractivity contribution in [1.82, 2.24) is 4.98 Å². The summed E-state index contributed by atoms with van der Waals surface area (Å²) in [6.07, 6.45) is 2.59. The van der Waals surface area contributed by atoms with Gasteiger partial charge in [0.25, 0.3) is 11.6 Å². The third kappa shape index (κ3) is 2.52. The zero-order valence-electron chi connectivity index (χ0n) is 11.8. The summed E-state index contributed by atoms with van der Waals surface area (Å²) in [7, 11) is 0. The summed E-state index contributed by atoms with van der Waals surface area (Å²) in [5.74, 6) is -0.796. The van der Waals surface area contributed by atoms with Crippen molar-refractivity contribution in [3.8, 4) is 0 Å². The molecule has 1 amide bonds. The number of rotatable bonds is 4. The second-order valence-electron chi connectivity index (χ2n) is 4.64. The lowest BCUT2D eigenvalue weighted by Gasteiger charge is -2.08. The quantitative estimate of drug-likeness (QED) is 0.573. The topological polar surface area (TPSA) is 141 Å². The van der Waals surface area contributed by atoms with Crippen molar-refractivity contribution < 1.29 is 19.1 Å². The van der Waals surface area contributed by atoms with Gasteiger partial charge >= 0.3 is 5.69 Å². The van der Waals surface area contributed by atoms with Gasteiger partial charge in [0.2, 0.25) is 0 Å². The van der Waals surface area contributed by atoms with Gasteiger partial charge in [-0.3, -0.25) is 30.0 Å². The maximum atomic E-state index is 12.1. The van der Waals surface area contributed by atoms with Crippen LogP contribution in [0.2, 0.25) is 0 Å². The van der Waals surface area contributed by atoms with Crippen LogP contribution in [0.1, 0.15) is 10.6 Å². The Morgan fingerprint density at radius 3 is 2.50 bits per heavy atom. The first-order valence-corrected chi connectivity index (χ1v) is 6.54. The van der Waals surface area contributed by atoms with Gasteiger partial charge in [-0.2, -0.15) is 0 Å². The van der Waals surface area contributed by atoms with Crippen LogP contribution in [-0.2, 0) is 0 Å². The molecule has 1 N–H and O–H groups in total. The molecule has 0 saturated heterocycles. The molecule has 0 aliphatic heterocycles. The van der Waals surface area contributed by atoms with Crippen LogP contribution >= 0.6 is 0 Å². The van der Waals surface area contributed by atoms with E-state index in [4.69, 9.17) is 4.42 Å². The Hall–Kier alpha value is -3.82. The average molecular weight is 328 g/mol. The molecule has 0 bridgehead atoms. The molecule has 10 nitrogen and oxygen atoms in total. The zero-order chi connectivity index (χ0) is 17.3. The second kappa shape index (κ2) is 5.76. The predicted octanol–water partition coefficient (Wildman–Crippen LogP) is 2.90. The van der Waals surface area contributed by atoms with E-state index in [1.165, 1.54) is 36.7 Å². The highest BCUT2D eigenvalue weighted by atomic mass is 16.6. The molecule has 3 rings (SSSR count). The van der Waals surface area contributed by atoms with E-state index in [0.29, 0.717) is 0 Å². The van der Waals surface area contributed by atoms with Crippen molar-refractivity contribution in [3.05, 3.63) is 68.8 Å². The predicted molar refractivity (Wildman–Crippen MR) is 81.7 cm³/mol. The zero-order valence-corrected chi connectivity index (χ0v) is 11.8. The number of pyridine rings is 1. The van der Waals surface area contributed by atoms with Crippen LogP contribution in [0.4, 0.5) is 17.1 Å². The van der Waals surface area contributed by atoms with Gasteiger partial charge in [-0.1, -0.05) is 0 Å². The Balaban J connectivity index is 2.23. The number of carbonyl (C=O) groups is 1. The standard InChI is InChI=1S/C14H8N4O6/c19-14(11-4-2-6-24-11)16-13-10(18(22)23)7-9(17(20)21)8-3-1-5-15-12(8)13/h1-7H,(H,16,19). The fourth-order valence-corrected chi connectivity index (χ4v) is 2.21. The third-order valence-electron chi connectivity index (χ3n) is 3.23. The lowest BCUT2D eigenvalue weighted by molar-refractivity contribution is -0.392. The summed E-state index contributed by atoms with van der Waals surface area (Å²) in [6.45, 7) is 0. The van der Waals surface area contributed by atoms with E-state index in [0.717, 1.165) is 6.07 Å². The van der Waals surface area contributed by atoms with E-state index in [9.17, 15) is 25.0 Å². The minimum Gasteiger partial charge on any atom is -0.459 e. The van der Waals surface area contributed by atoms with E-state index in [2.05, 4.69) is 10.3 Å². The molecule has 0 aliphatic rings. The van der Waals surface area contributed by atoms with Crippen LogP contribution < -0.4 is 5.32 Å². The molecule has 0 unspecified atom stereocenters. The molecule has 0 spiro atoms. The number of benzene rings is 1. The van der Waals surface area contributed by atoms with E-state index < -0.39 is 27.1 Å². The van der Waals surface area contributed by atoms with Crippen molar-refractivity contribution in [1.29, 1.82) is 0 Å². The van der Waals surface area contributed by atoms with E-state index in [-0.39, 0.29) is 22.4 Å². The normalized spacial score (nSPS) is 10.5. The van der Waals surface area contributed by atoms with Gasteiger partial charge in [0.1, 0.15) is 11.2 Å². The fraction of sp³-hybridized carbons (Fsp3) is 0. The molecule has 10 heteroatoms. The van der Waals surface area contributed by atoms with Gasteiger partial charge in [0.15, 0.2) is 5.76 Å². The third-order valence-corrected chi connectivity index (χ3v) is 3.23. The first-order valence-electron chi connectivity index (χ1n) is 6.54. The Labute approximate surface area is 133 Å². The first-order chi connectivity index (χ1) is 11.5. The molecular weight excluding hydrogens is 320 g/mol. The molecule has 2 heterocycles. The minimum atomic E-state index is -0.821. The van der Waals surface area contributed by atoms with Gasteiger partial charge in [-0.25, -0.2) is 0 Å². The molecule has 2 aromatic heterocycles. The number of aromatic nitrogens is 1. The Morgan fingerprint density at radius 2 is 1.88 bits per heavy atom. The number of furan rings is 1. The van der Waals surface area contributed by atoms with Crippen LogP contribution in [0.5, 0.6) is 0 Å². The average Bonchev–Trinajstić information content (AvgIpc) is 3.09.